The Kier molecular flexibility index (Phi) is 2.44. The van der Waals surface area contributed by atoms with Crippen LogP contribution in [0.5, 0.6) is 0 Å². The maximum Gasteiger partial charge on any atom is 0.410 e. The van der Waals surface area contributed by atoms with Crippen LogP contribution in [-0.2, 0) is 9.53 Å². The van der Waals surface area contributed by atoms with Crippen LogP contribution < -0.4 is 5.43 Å². The summed E-state index contributed by atoms with van der Waals surface area (Å²) in [5.41, 5.74) is 1.59. The summed E-state index contributed by atoms with van der Waals surface area (Å²) in [6.07, 6.45) is -4.87. The van der Waals surface area contributed by atoms with Gasteiger partial charge in [-0.3, -0.25) is 5.43 Å². The molecule has 1 aliphatic rings. The first kappa shape index (κ1) is 9.82. The third-order valence-electron chi connectivity index (χ3n) is 1.57. The topological polar surface area (TPSA) is 50.7 Å². The highest BCUT2D eigenvalue weighted by atomic mass is 19.4. The summed E-state index contributed by atoms with van der Waals surface area (Å²) in [4.78, 5) is 10.7. The zero-order valence-corrected chi connectivity index (χ0v) is 6.68. The van der Waals surface area contributed by atoms with Gasteiger partial charge in [-0.25, -0.2) is 4.79 Å². The van der Waals surface area contributed by atoms with Crippen molar-refractivity contribution in [2.24, 2.45) is 5.10 Å². The first-order valence-corrected chi connectivity index (χ1v) is 3.42. The second-order valence-electron chi connectivity index (χ2n) is 2.48. The molecule has 13 heavy (non-hydrogen) atoms. The van der Waals surface area contributed by atoms with Crippen molar-refractivity contribution in [3.63, 3.8) is 0 Å². The minimum absolute atomic E-state index is 0.232. The number of hydrogen-bond acceptors (Lipinski definition) is 4. The Balaban J connectivity index is 2.57. The molecule has 0 saturated heterocycles. The van der Waals surface area contributed by atoms with Gasteiger partial charge in [-0.1, -0.05) is 0 Å². The predicted molar refractivity (Wildman–Crippen MR) is 37.0 cm³/mol. The number of rotatable bonds is 1. The Bertz CT molecular complexity index is 249. The number of esters is 1. The molecule has 74 valence electrons. The number of nitrogens with one attached hydrogen (secondary N) is 1. The van der Waals surface area contributed by atoms with Crippen molar-refractivity contribution in [3.8, 4) is 0 Å². The fraction of sp³-hybridized carbons (Fsp3) is 0.667. The van der Waals surface area contributed by atoms with Gasteiger partial charge in [0.05, 0.1) is 7.11 Å². The minimum Gasteiger partial charge on any atom is -0.464 e. The molecule has 0 aromatic heterocycles. The Hall–Kier alpha value is -1.27. The maximum absolute atomic E-state index is 12.0. The highest BCUT2D eigenvalue weighted by Gasteiger charge is 2.44. The van der Waals surface area contributed by atoms with Gasteiger partial charge in [0.1, 0.15) is 11.8 Å². The van der Waals surface area contributed by atoms with Crippen molar-refractivity contribution in [2.45, 2.75) is 18.6 Å². The Morgan fingerprint density at radius 3 is 2.69 bits per heavy atom. The molecule has 0 aliphatic carbocycles. The number of hydrazone groups is 1. The first-order chi connectivity index (χ1) is 5.95. The Morgan fingerprint density at radius 1 is 1.69 bits per heavy atom. The van der Waals surface area contributed by atoms with Crippen LogP contribution in [0.3, 0.4) is 0 Å². The molecule has 1 aliphatic heterocycles. The lowest BCUT2D eigenvalue weighted by Crippen LogP contribution is -2.36. The van der Waals surface area contributed by atoms with Crippen molar-refractivity contribution in [1.82, 2.24) is 5.43 Å². The normalized spacial score (nSPS) is 22.2. The van der Waals surface area contributed by atoms with Gasteiger partial charge in [-0.2, -0.15) is 18.3 Å². The maximum atomic E-state index is 12.0. The molecule has 0 fully saturated rings. The van der Waals surface area contributed by atoms with Crippen molar-refractivity contribution < 1.29 is 22.7 Å². The minimum atomic E-state index is -4.39. The van der Waals surface area contributed by atoms with Gasteiger partial charge in [0.25, 0.3) is 0 Å². The van der Waals surface area contributed by atoms with Crippen LogP contribution in [0.2, 0.25) is 0 Å². The molecular weight excluding hydrogens is 189 g/mol. The van der Waals surface area contributed by atoms with Gasteiger partial charge in [0.2, 0.25) is 0 Å². The zero-order valence-electron chi connectivity index (χ0n) is 6.68. The van der Waals surface area contributed by atoms with Crippen molar-refractivity contribution in [2.75, 3.05) is 7.11 Å². The van der Waals surface area contributed by atoms with Crippen LogP contribution in [0.1, 0.15) is 6.42 Å². The summed E-state index contributed by atoms with van der Waals surface area (Å²) >= 11 is 0. The molecule has 0 spiro atoms. The van der Waals surface area contributed by atoms with Crippen LogP contribution in [0, 0.1) is 0 Å². The van der Waals surface area contributed by atoms with Crippen LogP contribution in [0.4, 0.5) is 13.2 Å². The number of alkyl halides is 3. The van der Waals surface area contributed by atoms with Gasteiger partial charge in [-0.15, -0.1) is 0 Å². The standard InChI is InChI=1S/C6H7F3N2O2/c1-13-5(12)3-2-4(11-10-3)6(7,8)9/h4,11H,2H2,1H3. The van der Waals surface area contributed by atoms with E-state index in [4.69, 9.17) is 0 Å². The number of hydrogen-bond donors (Lipinski definition) is 1. The predicted octanol–water partition coefficient (Wildman–Crippen LogP) is 0.440. The molecule has 0 amide bonds. The fourth-order valence-electron chi connectivity index (χ4n) is 0.876. The second kappa shape index (κ2) is 3.23. The molecular formula is C6H7F3N2O2. The quantitative estimate of drug-likeness (QED) is 0.619. The van der Waals surface area contributed by atoms with E-state index >= 15 is 0 Å². The molecule has 0 aromatic carbocycles. The third-order valence-corrected chi connectivity index (χ3v) is 1.57. The van der Waals surface area contributed by atoms with E-state index in [2.05, 4.69) is 9.84 Å². The number of methoxy groups -OCH3 is 1. The van der Waals surface area contributed by atoms with Gasteiger partial charge in [-0.05, 0) is 0 Å². The summed E-state index contributed by atoms with van der Waals surface area (Å²) in [5.74, 6) is -0.834. The highest BCUT2D eigenvalue weighted by Crippen LogP contribution is 2.25. The molecule has 0 aromatic rings. The van der Waals surface area contributed by atoms with E-state index in [1.165, 1.54) is 0 Å². The summed E-state index contributed by atoms with van der Waals surface area (Å²) in [7, 11) is 1.09. The SMILES string of the molecule is COC(=O)C1=NNC(C(F)(F)F)C1. The summed E-state index contributed by atoms with van der Waals surface area (Å²) in [5, 5.41) is 3.23. The van der Waals surface area contributed by atoms with Crippen molar-refractivity contribution >= 4 is 11.7 Å². The van der Waals surface area contributed by atoms with E-state index in [0.717, 1.165) is 7.11 Å². The Morgan fingerprint density at radius 2 is 2.31 bits per heavy atom. The van der Waals surface area contributed by atoms with E-state index < -0.39 is 24.6 Å². The van der Waals surface area contributed by atoms with Crippen LogP contribution in [-0.4, -0.2) is 31.0 Å². The molecule has 1 unspecified atom stereocenters. The molecule has 1 N–H and O–H groups in total. The lowest BCUT2D eigenvalue weighted by Gasteiger charge is -2.12. The number of ether oxygens (including phenoxy) is 1. The summed E-state index contributed by atoms with van der Waals surface area (Å²) in [6, 6.07) is -1.78. The average Bonchev–Trinajstić information content (AvgIpc) is 2.50. The van der Waals surface area contributed by atoms with E-state index in [9.17, 15) is 18.0 Å². The zero-order chi connectivity index (χ0) is 10.1. The lowest BCUT2D eigenvalue weighted by molar-refractivity contribution is -0.152. The van der Waals surface area contributed by atoms with Gasteiger partial charge in [0, 0.05) is 6.42 Å². The van der Waals surface area contributed by atoms with Gasteiger partial charge in [0.15, 0.2) is 0 Å². The molecule has 0 saturated carbocycles. The van der Waals surface area contributed by atoms with Crippen LogP contribution >= 0.6 is 0 Å². The van der Waals surface area contributed by atoms with E-state index in [-0.39, 0.29) is 5.71 Å². The summed E-state index contributed by atoms with van der Waals surface area (Å²) < 4.78 is 40.3. The van der Waals surface area contributed by atoms with E-state index in [1.54, 1.807) is 0 Å². The number of carbonyl (C=O) groups excluding carboxylic acids is 1. The number of halogens is 3. The molecule has 0 radical (unpaired) electrons. The van der Waals surface area contributed by atoms with E-state index in [1.807, 2.05) is 5.43 Å². The number of carbonyl (C=O) groups is 1. The van der Waals surface area contributed by atoms with Gasteiger partial charge < -0.3 is 4.74 Å². The Labute approximate surface area is 71.7 Å². The lowest BCUT2D eigenvalue weighted by atomic mass is 10.1. The largest absolute Gasteiger partial charge is 0.464 e. The summed E-state index contributed by atoms with van der Waals surface area (Å²) in [6.45, 7) is 0. The third kappa shape index (κ3) is 2.10. The monoisotopic (exact) mass is 196 g/mol. The van der Waals surface area contributed by atoms with Crippen LogP contribution in [0.15, 0.2) is 5.10 Å². The number of nitrogens with zero attached hydrogens (tertiary/aromatic N) is 1. The average molecular weight is 196 g/mol. The highest BCUT2D eigenvalue weighted by molar-refractivity contribution is 6.36. The molecule has 1 heterocycles. The molecule has 7 heteroatoms. The molecule has 0 bridgehead atoms. The second-order valence-corrected chi connectivity index (χ2v) is 2.48. The van der Waals surface area contributed by atoms with Crippen molar-refractivity contribution in [3.05, 3.63) is 0 Å². The first-order valence-electron chi connectivity index (χ1n) is 3.42. The molecule has 1 rings (SSSR count). The molecule has 4 nitrogen and oxygen atoms in total. The van der Waals surface area contributed by atoms with E-state index in [0.29, 0.717) is 0 Å². The van der Waals surface area contributed by atoms with Crippen LogP contribution in [0.25, 0.3) is 0 Å². The van der Waals surface area contributed by atoms with Crippen molar-refractivity contribution in [1.29, 1.82) is 0 Å². The van der Waals surface area contributed by atoms with Gasteiger partial charge >= 0.3 is 12.1 Å². The molecule has 1 atom stereocenters. The fourth-order valence-corrected chi connectivity index (χ4v) is 0.876. The smallest absolute Gasteiger partial charge is 0.410 e.